The molecule has 0 aromatic heterocycles. The lowest BCUT2D eigenvalue weighted by atomic mass is 9.87. The predicted molar refractivity (Wildman–Crippen MR) is 76.4 cm³/mol. The Balaban J connectivity index is 2.81. The molecule has 3 N–H and O–H groups in total. The quantitative estimate of drug-likeness (QED) is 0.619. The number of amidine groups is 1. The van der Waals surface area contributed by atoms with Crippen molar-refractivity contribution >= 4 is 5.84 Å². The van der Waals surface area contributed by atoms with Crippen LogP contribution in [-0.2, 0) is 5.41 Å². The molecule has 0 radical (unpaired) electrons. The van der Waals surface area contributed by atoms with Gasteiger partial charge in [0.2, 0.25) is 0 Å². The van der Waals surface area contributed by atoms with E-state index in [0.29, 0.717) is 6.42 Å². The van der Waals surface area contributed by atoms with Gasteiger partial charge in [-0.25, -0.2) is 0 Å². The highest BCUT2D eigenvalue weighted by Crippen LogP contribution is 2.26. The Morgan fingerprint density at radius 3 is 2.56 bits per heavy atom. The third kappa shape index (κ3) is 4.40. The molecule has 0 aliphatic carbocycles. The topological polar surface area (TPSA) is 59.1 Å². The second-order valence-corrected chi connectivity index (χ2v) is 5.66. The Bertz CT molecular complexity index is 407. The smallest absolute Gasteiger partial charge is 0.120 e. The molecule has 0 fully saturated rings. The minimum absolute atomic E-state index is 0.0160. The number of hydrogen-bond acceptors (Lipinski definition) is 2. The molecular weight excluding hydrogens is 224 g/mol. The van der Waals surface area contributed by atoms with Crippen LogP contribution in [0.2, 0.25) is 0 Å². The maximum Gasteiger partial charge on any atom is 0.120 e. The van der Waals surface area contributed by atoms with Crippen LogP contribution in [0.5, 0.6) is 5.75 Å². The summed E-state index contributed by atoms with van der Waals surface area (Å²) in [7, 11) is 0. The molecule has 1 aromatic rings. The summed E-state index contributed by atoms with van der Waals surface area (Å²) >= 11 is 0. The second kappa shape index (κ2) is 5.89. The van der Waals surface area contributed by atoms with E-state index in [2.05, 4.69) is 32.9 Å². The third-order valence-corrected chi connectivity index (χ3v) is 2.91. The van der Waals surface area contributed by atoms with Crippen LogP contribution in [0.4, 0.5) is 0 Å². The lowest BCUT2D eigenvalue weighted by molar-refractivity contribution is 0.204. The molecule has 0 bridgehead atoms. The van der Waals surface area contributed by atoms with E-state index in [1.807, 2.05) is 19.1 Å². The van der Waals surface area contributed by atoms with E-state index in [4.69, 9.17) is 15.9 Å². The first kappa shape index (κ1) is 14.6. The Morgan fingerprint density at radius 2 is 2.06 bits per heavy atom. The second-order valence-electron chi connectivity index (χ2n) is 5.66. The van der Waals surface area contributed by atoms with Crippen LogP contribution in [0.15, 0.2) is 24.3 Å². The number of hydrogen-bond donors (Lipinski definition) is 2. The van der Waals surface area contributed by atoms with Crippen molar-refractivity contribution in [3.63, 3.8) is 0 Å². The lowest BCUT2D eigenvalue weighted by Crippen LogP contribution is -2.24. The van der Waals surface area contributed by atoms with E-state index in [-0.39, 0.29) is 17.4 Å². The first-order chi connectivity index (χ1) is 8.32. The summed E-state index contributed by atoms with van der Waals surface area (Å²) in [5.41, 5.74) is 6.79. The van der Waals surface area contributed by atoms with Crippen molar-refractivity contribution in [2.24, 2.45) is 5.73 Å². The van der Waals surface area contributed by atoms with E-state index >= 15 is 0 Å². The summed E-state index contributed by atoms with van der Waals surface area (Å²) < 4.78 is 5.89. The minimum Gasteiger partial charge on any atom is -0.490 e. The van der Waals surface area contributed by atoms with E-state index in [0.717, 1.165) is 12.2 Å². The molecule has 0 amide bonds. The van der Waals surface area contributed by atoms with Crippen LogP contribution < -0.4 is 10.5 Å². The number of rotatable bonds is 5. The highest BCUT2D eigenvalue weighted by Gasteiger charge is 2.15. The normalized spacial score (nSPS) is 13.1. The Kier molecular flexibility index (Phi) is 4.76. The van der Waals surface area contributed by atoms with Gasteiger partial charge in [-0.1, -0.05) is 39.8 Å². The molecule has 1 atom stereocenters. The third-order valence-electron chi connectivity index (χ3n) is 2.91. The molecule has 18 heavy (non-hydrogen) atoms. The van der Waals surface area contributed by atoms with Crippen LogP contribution in [0.25, 0.3) is 0 Å². The summed E-state index contributed by atoms with van der Waals surface area (Å²) in [5, 5.41) is 7.33. The molecule has 0 aliphatic heterocycles. The summed E-state index contributed by atoms with van der Waals surface area (Å²) in [6, 6.07) is 8.15. The first-order valence-electron chi connectivity index (χ1n) is 6.43. The van der Waals surface area contributed by atoms with E-state index < -0.39 is 0 Å². The SMILES string of the molecule is CCC(CC(=N)N)Oc1cccc(C(C)(C)C)c1. The van der Waals surface area contributed by atoms with E-state index in [9.17, 15) is 0 Å². The molecule has 1 aromatic carbocycles. The lowest BCUT2D eigenvalue weighted by Gasteiger charge is -2.22. The van der Waals surface area contributed by atoms with Crippen LogP contribution in [-0.4, -0.2) is 11.9 Å². The van der Waals surface area contributed by atoms with Gasteiger partial charge in [-0.2, -0.15) is 0 Å². The van der Waals surface area contributed by atoms with Crippen molar-refractivity contribution in [3.8, 4) is 5.75 Å². The van der Waals surface area contributed by atoms with Gasteiger partial charge in [0.05, 0.1) is 5.84 Å². The molecule has 0 saturated heterocycles. The molecule has 3 heteroatoms. The van der Waals surface area contributed by atoms with Crippen molar-refractivity contribution in [3.05, 3.63) is 29.8 Å². The molecule has 0 saturated carbocycles. The monoisotopic (exact) mass is 248 g/mol. The van der Waals surface area contributed by atoms with Crippen LogP contribution in [0, 0.1) is 5.41 Å². The van der Waals surface area contributed by atoms with Gasteiger partial charge in [0.1, 0.15) is 11.9 Å². The Hall–Kier alpha value is -1.51. The van der Waals surface area contributed by atoms with Gasteiger partial charge in [0.15, 0.2) is 0 Å². The van der Waals surface area contributed by atoms with Gasteiger partial charge in [0, 0.05) is 6.42 Å². The highest BCUT2D eigenvalue weighted by molar-refractivity contribution is 5.77. The fraction of sp³-hybridized carbons (Fsp3) is 0.533. The van der Waals surface area contributed by atoms with Gasteiger partial charge < -0.3 is 10.5 Å². The van der Waals surface area contributed by atoms with Crippen molar-refractivity contribution < 1.29 is 4.74 Å². The van der Waals surface area contributed by atoms with E-state index in [1.165, 1.54) is 5.56 Å². The van der Waals surface area contributed by atoms with Gasteiger partial charge in [-0.15, -0.1) is 0 Å². The zero-order valence-corrected chi connectivity index (χ0v) is 11.8. The summed E-state index contributed by atoms with van der Waals surface area (Å²) in [6.45, 7) is 8.58. The van der Waals surface area contributed by atoms with Crippen LogP contribution >= 0.6 is 0 Å². The van der Waals surface area contributed by atoms with Crippen molar-refractivity contribution in [2.75, 3.05) is 0 Å². The largest absolute Gasteiger partial charge is 0.490 e. The maximum absolute atomic E-state index is 7.33. The summed E-state index contributed by atoms with van der Waals surface area (Å²) in [5.74, 6) is 1.03. The van der Waals surface area contributed by atoms with Crippen LogP contribution in [0.1, 0.15) is 46.1 Å². The zero-order chi connectivity index (χ0) is 13.8. The van der Waals surface area contributed by atoms with Crippen molar-refractivity contribution in [1.82, 2.24) is 0 Å². The number of nitrogens with two attached hydrogens (primary N) is 1. The molecule has 1 unspecified atom stereocenters. The van der Waals surface area contributed by atoms with Gasteiger partial charge >= 0.3 is 0 Å². The molecule has 3 nitrogen and oxygen atoms in total. The van der Waals surface area contributed by atoms with Gasteiger partial charge in [-0.05, 0) is 29.5 Å². The van der Waals surface area contributed by atoms with Gasteiger partial charge in [-0.3, -0.25) is 5.41 Å². The van der Waals surface area contributed by atoms with Crippen molar-refractivity contribution in [2.45, 2.75) is 52.1 Å². The number of benzene rings is 1. The molecule has 0 spiro atoms. The fourth-order valence-corrected chi connectivity index (χ4v) is 1.74. The number of nitrogens with one attached hydrogen (secondary N) is 1. The zero-order valence-electron chi connectivity index (χ0n) is 11.8. The average Bonchev–Trinajstić information content (AvgIpc) is 2.26. The molecule has 1 rings (SSSR count). The Morgan fingerprint density at radius 1 is 1.39 bits per heavy atom. The fourth-order valence-electron chi connectivity index (χ4n) is 1.74. The van der Waals surface area contributed by atoms with E-state index in [1.54, 1.807) is 0 Å². The first-order valence-corrected chi connectivity index (χ1v) is 6.43. The average molecular weight is 248 g/mol. The standard InChI is InChI=1S/C15H24N2O/c1-5-12(10-14(16)17)18-13-8-6-7-11(9-13)15(2,3)4/h6-9,12H,5,10H2,1-4H3,(H3,16,17). The minimum atomic E-state index is -0.0160. The summed E-state index contributed by atoms with van der Waals surface area (Å²) in [4.78, 5) is 0. The van der Waals surface area contributed by atoms with Crippen molar-refractivity contribution in [1.29, 1.82) is 5.41 Å². The maximum atomic E-state index is 7.33. The molecule has 0 heterocycles. The number of ether oxygens (including phenoxy) is 1. The molecule has 0 aliphatic rings. The summed E-state index contributed by atoms with van der Waals surface area (Å²) in [6.07, 6.45) is 1.31. The predicted octanol–water partition coefficient (Wildman–Crippen LogP) is 3.47. The molecular formula is C15H24N2O. The van der Waals surface area contributed by atoms with Crippen LogP contribution in [0.3, 0.4) is 0 Å². The highest BCUT2D eigenvalue weighted by atomic mass is 16.5. The van der Waals surface area contributed by atoms with Gasteiger partial charge in [0.25, 0.3) is 0 Å². The Labute approximate surface area is 110 Å². The molecule has 100 valence electrons.